The molecule has 0 aliphatic carbocycles. The molecule has 0 saturated carbocycles. The highest BCUT2D eigenvalue weighted by Crippen LogP contribution is 2.26. The van der Waals surface area contributed by atoms with E-state index in [1.165, 1.54) is 24.4 Å². The molecular weight excluding hydrogens is 270 g/mol. The fourth-order valence-corrected chi connectivity index (χ4v) is 3.04. The number of piperidine rings is 1. The van der Waals surface area contributed by atoms with Crippen LogP contribution in [0, 0.1) is 0 Å². The number of H-pyrrole nitrogens is 1. The van der Waals surface area contributed by atoms with Crippen LogP contribution in [0.15, 0.2) is 12.4 Å². The van der Waals surface area contributed by atoms with Crippen LogP contribution in [0.2, 0.25) is 4.34 Å². The van der Waals surface area contributed by atoms with Crippen LogP contribution in [0.25, 0.3) is 0 Å². The van der Waals surface area contributed by atoms with E-state index in [1.807, 2.05) is 12.4 Å². The Morgan fingerprint density at radius 2 is 2.50 bits per heavy atom. The third-order valence-electron chi connectivity index (χ3n) is 3.29. The van der Waals surface area contributed by atoms with Crippen LogP contribution in [0.1, 0.15) is 30.3 Å². The van der Waals surface area contributed by atoms with E-state index in [4.69, 9.17) is 11.6 Å². The van der Waals surface area contributed by atoms with Crippen LogP contribution in [-0.2, 0) is 6.54 Å². The van der Waals surface area contributed by atoms with Gasteiger partial charge in [-0.2, -0.15) is 0 Å². The first kappa shape index (κ1) is 12.1. The van der Waals surface area contributed by atoms with Gasteiger partial charge in [-0.3, -0.25) is 4.90 Å². The topological polar surface area (TPSA) is 57.7 Å². The summed E-state index contributed by atoms with van der Waals surface area (Å²) in [6.45, 7) is 2.87. The predicted molar refractivity (Wildman–Crippen MR) is 70.8 cm³/mol. The van der Waals surface area contributed by atoms with Crippen LogP contribution < -0.4 is 0 Å². The Kier molecular flexibility index (Phi) is 3.58. The first-order valence-corrected chi connectivity index (χ1v) is 7.16. The Bertz CT molecular complexity index is 497. The highest BCUT2D eigenvalue weighted by Gasteiger charge is 2.24. The van der Waals surface area contributed by atoms with Gasteiger partial charge in [0.1, 0.15) is 15.9 Å². The summed E-state index contributed by atoms with van der Waals surface area (Å²) in [7, 11) is 0. The molecule has 1 atom stereocenters. The Labute approximate surface area is 114 Å². The Balaban J connectivity index is 1.66. The molecule has 1 fully saturated rings. The number of halogens is 1. The lowest BCUT2D eigenvalue weighted by Gasteiger charge is -2.31. The van der Waals surface area contributed by atoms with Gasteiger partial charge >= 0.3 is 0 Å². The van der Waals surface area contributed by atoms with E-state index in [2.05, 4.69) is 24.5 Å². The molecule has 1 N–H and O–H groups in total. The fraction of sp³-hybridized carbons (Fsp3) is 0.545. The molecule has 96 valence electrons. The molecule has 3 rings (SSSR count). The van der Waals surface area contributed by atoms with Crippen LogP contribution in [0.3, 0.4) is 0 Å². The predicted octanol–water partition coefficient (Wildman–Crippen LogP) is 2.29. The van der Waals surface area contributed by atoms with E-state index in [0.717, 1.165) is 31.2 Å². The van der Waals surface area contributed by atoms with Crippen molar-refractivity contribution in [1.82, 2.24) is 24.5 Å². The minimum absolute atomic E-state index is 0.485. The summed E-state index contributed by atoms with van der Waals surface area (Å²) in [6, 6.07) is 0. The lowest BCUT2D eigenvalue weighted by molar-refractivity contribution is 0.195. The average molecular weight is 284 g/mol. The van der Waals surface area contributed by atoms with Crippen molar-refractivity contribution in [2.75, 3.05) is 13.1 Å². The van der Waals surface area contributed by atoms with Crippen molar-refractivity contribution in [3.8, 4) is 0 Å². The lowest BCUT2D eigenvalue weighted by Crippen LogP contribution is -2.34. The Morgan fingerprint density at radius 1 is 1.56 bits per heavy atom. The number of nitrogens with one attached hydrogen (secondary N) is 1. The maximum absolute atomic E-state index is 6.04. The maximum atomic E-state index is 6.04. The number of hydrogen-bond acceptors (Lipinski definition) is 5. The summed E-state index contributed by atoms with van der Waals surface area (Å²) in [4.78, 5) is 9.94. The van der Waals surface area contributed by atoms with Gasteiger partial charge in [-0.05, 0) is 19.4 Å². The van der Waals surface area contributed by atoms with Crippen LogP contribution in [0.5, 0.6) is 0 Å². The molecule has 18 heavy (non-hydrogen) atoms. The summed E-state index contributed by atoms with van der Waals surface area (Å²) in [6.07, 6.45) is 6.07. The van der Waals surface area contributed by atoms with Gasteiger partial charge in [0, 0.05) is 42.9 Å². The monoisotopic (exact) mass is 283 g/mol. The van der Waals surface area contributed by atoms with E-state index >= 15 is 0 Å². The molecule has 1 aliphatic rings. The number of imidazole rings is 1. The van der Waals surface area contributed by atoms with Crippen molar-refractivity contribution in [1.29, 1.82) is 0 Å². The van der Waals surface area contributed by atoms with E-state index < -0.39 is 0 Å². The molecule has 0 radical (unpaired) electrons. The zero-order valence-electron chi connectivity index (χ0n) is 9.84. The third-order valence-corrected chi connectivity index (χ3v) is 4.28. The molecule has 0 aromatic carbocycles. The summed E-state index contributed by atoms with van der Waals surface area (Å²) >= 11 is 7.29. The quantitative estimate of drug-likeness (QED) is 0.939. The summed E-state index contributed by atoms with van der Waals surface area (Å²) in [5.74, 6) is 1.57. The summed E-state index contributed by atoms with van der Waals surface area (Å²) in [5, 5.41) is 4.07. The SMILES string of the molecule is Clc1snnc1CN1CCC[C@@H](c2ncc[nH]2)C1. The van der Waals surface area contributed by atoms with Crippen molar-refractivity contribution in [3.63, 3.8) is 0 Å². The van der Waals surface area contributed by atoms with Gasteiger partial charge in [0.05, 0.1) is 0 Å². The number of aromatic amines is 1. The zero-order valence-corrected chi connectivity index (χ0v) is 11.4. The van der Waals surface area contributed by atoms with Crippen LogP contribution in [0.4, 0.5) is 0 Å². The number of aromatic nitrogens is 4. The molecule has 0 unspecified atom stereocenters. The van der Waals surface area contributed by atoms with Crippen molar-refractivity contribution in [2.24, 2.45) is 0 Å². The fourth-order valence-electron chi connectivity index (χ4n) is 2.43. The van der Waals surface area contributed by atoms with Gasteiger partial charge < -0.3 is 4.98 Å². The second-order valence-corrected chi connectivity index (χ2v) is 5.90. The number of nitrogens with zero attached hydrogens (tertiary/aromatic N) is 4. The molecule has 7 heteroatoms. The lowest BCUT2D eigenvalue weighted by atomic mass is 9.97. The third kappa shape index (κ3) is 2.55. The average Bonchev–Trinajstić information content (AvgIpc) is 3.02. The highest BCUT2D eigenvalue weighted by atomic mass is 35.5. The van der Waals surface area contributed by atoms with Crippen molar-refractivity contribution in [2.45, 2.75) is 25.3 Å². The minimum atomic E-state index is 0.485. The van der Waals surface area contributed by atoms with Gasteiger partial charge in [-0.1, -0.05) is 16.1 Å². The highest BCUT2D eigenvalue weighted by molar-refractivity contribution is 7.10. The molecule has 3 heterocycles. The molecular formula is C11H14ClN5S. The van der Waals surface area contributed by atoms with E-state index in [9.17, 15) is 0 Å². The van der Waals surface area contributed by atoms with Crippen molar-refractivity contribution in [3.05, 3.63) is 28.2 Å². The minimum Gasteiger partial charge on any atom is -0.348 e. The Hall–Kier alpha value is -0.980. The number of likely N-dealkylation sites (tertiary alicyclic amines) is 1. The largest absolute Gasteiger partial charge is 0.348 e. The van der Waals surface area contributed by atoms with Gasteiger partial charge in [0.15, 0.2) is 0 Å². The smallest absolute Gasteiger partial charge is 0.138 e. The number of hydrogen-bond donors (Lipinski definition) is 1. The van der Waals surface area contributed by atoms with Crippen LogP contribution in [-0.4, -0.2) is 37.5 Å². The molecule has 0 spiro atoms. The van der Waals surface area contributed by atoms with Gasteiger partial charge in [0.2, 0.25) is 0 Å². The molecule has 2 aromatic rings. The molecule has 0 amide bonds. The second kappa shape index (κ2) is 5.34. The first-order valence-electron chi connectivity index (χ1n) is 6.01. The molecule has 0 bridgehead atoms. The standard InChI is InChI=1S/C11H14ClN5S/c12-10-9(15-16-18-10)7-17-5-1-2-8(6-17)11-13-3-4-14-11/h3-4,8H,1-2,5-7H2,(H,13,14)/t8-/m1/s1. The Morgan fingerprint density at radius 3 is 3.22 bits per heavy atom. The maximum Gasteiger partial charge on any atom is 0.138 e. The summed E-state index contributed by atoms with van der Waals surface area (Å²) in [5.41, 5.74) is 0.891. The normalized spacial score (nSPS) is 21.3. The van der Waals surface area contributed by atoms with Gasteiger partial charge in [-0.15, -0.1) is 5.10 Å². The van der Waals surface area contributed by atoms with Gasteiger partial charge in [-0.25, -0.2) is 4.98 Å². The van der Waals surface area contributed by atoms with E-state index in [1.54, 1.807) is 0 Å². The molecule has 1 saturated heterocycles. The van der Waals surface area contributed by atoms with Crippen molar-refractivity contribution >= 4 is 23.1 Å². The molecule has 1 aliphatic heterocycles. The zero-order chi connectivity index (χ0) is 12.4. The van der Waals surface area contributed by atoms with E-state index in [-0.39, 0.29) is 0 Å². The second-order valence-electron chi connectivity index (χ2n) is 4.54. The van der Waals surface area contributed by atoms with Gasteiger partial charge in [0.25, 0.3) is 0 Å². The molecule has 5 nitrogen and oxygen atoms in total. The molecule has 2 aromatic heterocycles. The van der Waals surface area contributed by atoms with Crippen molar-refractivity contribution < 1.29 is 0 Å². The summed E-state index contributed by atoms with van der Waals surface area (Å²) < 4.78 is 4.57. The first-order chi connectivity index (χ1) is 8.83. The number of rotatable bonds is 3. The van der Waals surface area contributed by atoms with E-state index in [0.29, 0.717) is 10.3 Å². The van der Waals surface area contributed by atoms with Crippen LogP contribution >= 0.6 is 23.1 Å².